The van der Waals surface area contributed by atoms with Crippen molar-refractivity contribution < 1.29 is 9.90 Å². The quantitative estimate of drug-likeness (QED) is 0.496. The first-order valence-corrected chi connectivity index (χ1v) is 6.15. The van der Waals surface area contributed by atoms with E-state index in [0.29, 0.717) is 12.0 Å². The largest absolute Gasteiger partial charge is 0.478 e. The van der Waals surface area contributed by atoms with E-state index in [2.05, 4.69) is 20.1 Å². The van der Waals surface area contributed by atoms with Crippen molar-refractivity contribution >= 4 is 17.6 Å². The number of carboxylic acids is 1. The number of hydrogen-bond donors (Lipinski definition) is 1. The maximum absolute atomic E-state index is 10.4. The molecule has 2 nitrogen and oxygen atoms in total. The van der Waals surface area contributed by atoms with Gasteiger partial charge in [-0.25, -0.2) is 4.79 Å². The van der Waals surface area contributed by atoms with Gasteiger partial charge in [-0.15, -0.1) is 0 Å². The van der Waals surface area contributed by atoms with Crippen LogP contribution in [0.4, 0.5) is 0 Å². The fourth-order valence-corrected chi connectivity index (χ4v) is 1.23. The second-order valence-electron chi connectivity index (χ2n) is 3.58. The molecule has 0 radical (unpaired) electrons. The Morgan fingerprint density at radius 1 is 1.25 bits per heavy atom. The van der Waals surface area contributed by atoms with E-state index in [4.69, 9.17) is 16.7 Å². The molecule has 3 heteroatoms. The van der Waals surface area contributed by atoms with E-state index < -0.39 is 5.97 Å². The Hall–Kier alpha value is -0.760. The van der Waals surface area contributed by atoms with Gasteiger partial charge in [-0.3, -0.25) is 0 Å². The zero-order valence-electron chi connectivity index (χ0n) is 10.2. The molecule has 0 atom stereocenters. The van der Waals surface area contributed by atoms with Crippen molar-refractivity contribution in [3.05, 3.63) is 24.3 Å². The fraction of sp³-hybridized carbons (Fsp3) is 0.615. The van der Waals surface area contributed by atoms with Gasteiger partial charge in [-0.05, 0) is 18.4 Å². The van der Waals surface area contributed by atoms with Crippen molar-refractivity contribution in [1.29, 1.82) is 0 Å². The molecule has 16 heavy (non-hydrogen) atoms. The SMILES string of the molecule is C=C(CCCCCCCC)C(=O)O.C=CCl. The summed E-state index contributed by atoms with van der Waals surface area (Å²) < 4.78 is 0. The van der Waals surface area contributed by atoms with Crippen molar-refractivity contribution in [3.8, 4) is 0 Å². The van der Waals surface area contributed by atoms with E-state index in [1.165, 1.54) is 31.2 Å². The molecule has 0 saturated heterocycles. The van der Waals surface area contributed by atoms with Gasteiger partial charge in [-0.2, -0.15) is 0 Å². The fourth-order valence-electron chi connectivity index (χ4n) is 1.23. The third-order valence-electron chi connectivity index (χ3n) is 2.13. The summed E-state index contributed by atoms with van der Waals surface area (Å²) in [6, 6.07) is 0. The molecule has 0 aromatic rings. The number of halogens is 1. The van der Waals surface area contributed by atoms with Gasteiger partial charge in [-0.1, -0.05) is 63.8 Å². The van der Waals surface area contributed by atoms with E-state index in [9.17, 15) is 4.79 Å². The lowest BCUT2D eigenvalue weighted by atomic mass is 10.1. The molecule has 0 spiro atoms. The summed E-state index contributed by atoms with van der Waals surface area (Å²) in [4.78, 5) is 10.4. The smallest absolute Gasteiger partial charge is 0.330 e. The second kappa shape index (κ2) is 14.2. The van der Waals surface area contributed by atoms with Crippen molar-refractivity contribution in [2.45, 2.75) is 51.9 Å². The van der Waals surface area contributed by atoms with Crippen LogP contribution in [0, 0.1) is 0 Å². The van der Waals surface area contributed by atoms with Crippen LogP contribution in [0.15, 0.2) is 24.3 Å². The molecule has 94 valence electrons. The number of rotatable bonds is 8. The predicted octanol–water partition coefficient (Wildman–Crippen LogP) is 4.75. The molecule has 0 aliphatic rings. The highest BCUT2D eigenvalue weighted by Gasteiger charge is 2.02. The summed E-state index contributed by atoms with van der Waals surface area (Å²) in [6.07, 6.45) is 7.78. The lowest BCUT2D eigenvalue weighted by molar-refractivity contribution is -0.132. The first kappa shape index (κ1) is 17.6. The third-order valence-corrected chi connectivity index (χ3v) is 2.13. The highest BCUT2D eigenvalue weighted by atomic mass is 35.5. The van der Waals surface area contributed by atoms with Crippen LogP contribution >= 0.6 is 11.6 Å². The Bertz CT molecular complexity index is 200. The highest BCUT2D eigenvalue weighted by Crippen LogP contribution is 2.10. The molecule has 0 aromatic heterocycles. The molecule has 0 aliphatic carbocycles. The molecule has 0 bridgehead atoms. The number of aliphatic carboxylic acids is 1. The lowest BCUT2D eigenvalue weighted by Crippen LogP contribution is -1.98. The average Bonchev–Trinajstić information content (AvgIpc) is 2.24. The molecule has 0 amide bonds. The molecular formula is C13H23ClO2. The normalized spacial score (nSPS) is 8.88. The summed E-state index contributed by atoms with van der Waals surface area (Å²) in [5.74, 6) is -0.853. The number of hydrogen-bond acceptors (Lipinski definition) is 1. The molecule has 0 rings (SSSR count). The summed E-state index contributed by atoms with van der Waals surface area (Å²) in [5, 5.41) is 8.52. The van der Waals surface area contributed by atoms with E-state index in [-0.39, 0.29) is 0 Å². The van der Waals surface area contributed by atoms with Gasteiger partial charge in [0.2, 0.25) is 0 Å². The zero-order valence-corrected chi connectivity index (χ0v) is 10.9. The van der Waals surface area contributed by atoms with Crippen molar-refractivity contribution in [2.75, 3.05) is 0 Å². The van der Waals surface area contributed by atoms with Crippen LogP contribution in [0.2, 0.25) is 0 Å². The number of carboxylic acid groups (broad SMARTS) is 1. The van der Waals surface area contributed by atoms with Crippen LogP contribution in [0.3, 0.4) is 0 Å². The molecule has 1 N–H and O–H groups in total. The number of carbonyl (C=O) groups is 1. The minimum Gasteiger partial charge on any atom is -0.478 e. The van der Waals surface area contributed by atoms with Gasteiger partial charge in [0.25, 0.3) is 0 Å². The van der Waals surface area contributed by atoms with Crippen LogP contribution in [0.1, 0.15) is 51.9 Å². The lowest BCUT2D eigenvalue weighted by Gasteiger charge is -2.00. The van der Waals surface area contributed by atoms with Crippen LogP contribution in [0.5, 0.6) is 0 Å². The van der Waals surface area contributed by atoms with Crippen LogP contribution in [-0.4, -0.2) is 11.1 Å². The highest BCUT2D eigenvalue weighted by molar-refractivity contribution is 6.25. The summed E-state index contributed by atoms with van der Waals surface area (Å²) in [6.45, 7) is 8.80. The topological polar surface area (TPSA) is 37.3 Å². The second-order valence-corrected chi connectivity index (χ2v) is 3.89. The minimum atomic E-state index is -0.853. The molecule has 0 fully saturated rings. The predicted molar refractivity (Wildman–Crippen MR) is 70.8 cm³/mol. The van der Waals surface area contributed by atoms with Gasteiger partial charge >= 0.3 is 5.97 Å². The summed E-state index contributed by atoms with van der Waals surface area (Å²) >= 11 is 4.76. The molecule has 0 saturated carbocycles. The first-order chi connectivity index (χ1) is 7.59. The van der Waals surface area contributed by atoms with E-state index >= 15 is 0 Å². The van der Waals surface area contributed by atoms with Gasteiger partial charge in [0.05, 0.1) is 0 Å². The van der Waals surface area contributed by atoms with E-state index in [1.807, 2.05) is 0 Å². The molecule has 0 aromatic carbocycles. The van der Waals surface area contributed by atoms with Gasteiger partial charge in [0.1, 0.15) is 0 Å². The van der Waals surface area contributed by atoms with Crippen molar-refractivity contribution in [2.24, 2.45) is 0 Å². The standard InChI is InChI=1S/C11H20O2.C2H3Cl/c1-3-4-5-6-7-8-9-10(2)11(12)13;1-2-3/h2-9H2,1H3,(H,12,13);2H,1H2. The van der Waals surface area contributed by atoms with Crippen LogP contribution in [0.25, 0.3) is 0 Å². The molecular weight excluding hydrogens is 224 g/mol. The maximum Gasteiger partial charge on any atom is 0.330 e. The number of unbranched alkanes of at least 4 members (excludes halogenated alkanes) is 5. The Morgan fingerprint density at radius 3 is 2.12 bits per heavy atom. The molecule has 0 heterocycles. The monoisotopic (exact) mass is 246 g/mol. The Morgan fingerprint density at radius 2 is 1.69 bits per heavy atom. The van der Waals surface area contributed by atoms with E-state index in [0.717, 1.165) is 12.8 Å². The summed E-state index contributed by atoms with van der Waals surface area (Å²) in [7, 11) is 0. The summed E-state index contributed by atoms with van der Waals surface area (Å²) in [5.41, 5.74) is 1.57. The van der Waals surface area contributed by atoms with E-state index in [1.54, 1.807) is 0 Å². The Balaban J connectivity index is 0. The van der Waals surface area contributed by atoms with Gasteiger partial charge in [0.15, 0.2) is 0 Å². The zero-order chi connectivity index (χ0) is 12.8. The molecule has 0 aliphatic heterocycles. The third kappa shape index (κ3) is 15.7. The Kier molecular flexibility index (Phi) is 15.7. The average molecular weight is 247 g/mol. The first-order valence-electron chi connectivity index (χ1n) is 5.72. The van der Waals surface area contributed by atoms with Gasteiger partial charge in [0, 0.05) is 5.57 Å². The van der Waals surface area contributed by atoms with Crippen molar-refractivity contribution in [3.63, 3.8) is 0 Å². The van der Waals surface area contributed by atoms with Crippen LogP contribution in [-0.2, 0) is 4.79 Å². The Labute approximate surface area is 104 Å². The van der Waals surface area contributed by atoms with Crippen LogP contribution < -0.4 is 0 Å². The van der Waals surface area contributed by atoms with Gasteiger partial charge < -0.3 is 5.11 Å². The van der Waals surface area contributed by atoms with Crippen molar-refractivity contribution in [1.82, 2.24) is 0 Å². The maximum atomic E-state index is 10.4. The molecule has 0 unspecified atom stereocenters. The minimum absolute atomic E-state index is 0.343.